The largest absolute Gasteiger partial charge is 0.466 e. The van der Waals surface area contributed by atoms with Crippen molar-refractivity contribution in [2.24, 2.45) is 23.2 Å². The van der Waals surface area contributed by atoms with Gasteiger partial charge in [0.25, 0.3) is 0 Å². The fourth-order valence-corrected chi connectivity index (χ4v) is 7.01. The van der Waals surface area contributed by atoms with E-state index in [0.29, 0.717) is 36.4 Å². The number of carbonyl (C=O) groups excluding carboxylic acids is 1. The van der Waals surface area contributed by atoms with Crippen molar-refractivity contribution in [3.05, 3.63) is 35.5 Å². The van der Waals surface area contributed by atoms with E-state index in [1.54, 1.807) is 13.8 Å². The van der Waals surface area contributed by atoms with E-state index in [2.05, 4.69) is 38.3 Å². The summed E-state index contributed by atoms with van der Waals surface area (Å²) in [5, 5.41) is 31.5. The average Bonchev–Trinajstić information content (AvgIpc) is 3.22. The van der Waals surface area contributed by atoms with Gasteiger partial charge in [0.15, 0.2) is 0 Å². The van der Waals surface area contributed by atoms with E-state index in [1.165, 1.54) is 24.8 Å². The predicted molar refractivity (Wildman–Crippen MR) is 154 cm³/mol. The van der Waals surface area contributed by atoms with Crippen LogP contribution in [0.2, 0.25) is 0 Å². The van der Waals surface area contributed by atoms with Crippen LogP contribution >= 0.6 is 0 Å². The van der Waals surface area contributed by atoms with Crippen LogP contribution in [0.3, 0.4) is 0 Å². The Morgan fingerprint density at radius 1 is 1.26 bits per heavy atom. The van der Waals surface area contributed by atoms with E-state index in [1.807, 2.05) is 13.0 Å². The second-order valence-electron chi connectivity index (χ2n) is 12.6. The van der Waals surface area contributed by atoms with Crippen LogP contribution in [0.25, 0.3) is 0 Å². The topological polar surface area (TPSA) is 96.2 Å². The average molecular weight is 543 g/mol. The number of aliphatic hydroxyl groups excluding tert-OH is 2. The molecule has 0 bridgehead atoms. The van der Waals surface area contributed by atoms with E-state index in [4.69, 9.17) is 9.47 Å². The molecule has 0 unspecified atom stereocenters. The van der Waals surface area contributed by atoms with Crippen molar-refractivity contribution < 1.29 is 29.6 Å². The molecule has 0 aliphatic heterocycles. The van der Waals surface area contributed by atoms with Crippen LogP contribution in [0.15, 0.2) is 35.5 Å². The summed E-state index contributed by atoms with van der Waals surface area (Å²) in [5.41, 5.74) is 2.15. The lowest BCUT2D eigenvalue weighted by molar-refractivity contribution is -0.148. The molecule has 0 radical (unpaired) electrons. The number of allylic oxidation sites excluding steroid dienone is 3. The molecule has 3 N–H and O–H groups in total. The maximum Gasteiger partial charge on any atom is 0.308 e. The molecule has 3 aliphatic rings. The van der Waals surface area contributed by atoms with Crippen molar-refractivity contribution >= 4 is 5.97 Å². The zero-order valence-electron chi connectivity index (χ0n) is 24.7. The summed E-state index contributed by atoms with van der Waals surface area (Å²) in [6.45, 7) is 14.7. The number of carbonyl (C=O) groups is 1. The molecule has 0 amide bonds. The second-order valence-corrected chi connectivity index (χ2v) is 12.6. The first kappa shape index (κ1) is 31.6. The van der Waals surface area contributed by atoms with E-state index < -0.39 is 23.9 Å². The number of esters is 1. The molecule has 39 heavy (non-hydrogen) atoms. The zero-order valence-corrected chi connectivity index (χ0v) is 24.7. The van der Waals surface area contributed by atoms with Gasteiger partial charge in [0.05, 0.1) is 25.7 Å². The van der Waals surface area contributed by atoms with Crippen molar-refractivity contribution in [2.45, 2.75) is 116 Å². The van der Waals surface area contributed by atoms with Gasteiger partial charge in [-0.15, -0.1) is 5.92 Å². The van der Waals surface area contributed by atoms with Gasteiger partial charge in [0.2, 0.25) is 0 Å². The summed E-state index contributed by atoms with van der Waals surface area (Å²) in [7, 11) is 0. The van der Waals surface area contributed by atoms with Gasteiger partial charge >= 0.3 is 5.97 Å². The fraction of sp³-hybridized carbons (Fsp3) is 0.727. The Balaban J connectivity index is 1.64. The number of hydrogen-bond acceptors (Lipinski definition) is 6. The Morgan fingerprint density at radius 2 is 2.00 bits per heavy atom. The van der Waals surface area contributed by atoms with Crippen LogP contribution in [0.4, 0.5) is 0 Å². The molecule has 0 aromatic carbocycles. The summed E-state index contributed by atoms with van der Waals surface area (Å²) in [6.07, 6.45) is 9.36. The highest BCUT2D eigenvalue weighted by atomic mass is 16.5. The second kappa shape index (κ2) is 13.6. The molecule has 6 nitrogen and oxygen atoms in total. The van der Waals surface area contributed by atoms with Crippen LogP contribution in [-0.4, -0.2) is 58.4 Å². The molecule has 0 saturated heterocycles. The Kier molecular flexibility index (Phi) is 11.1. The summed E-state index contributed by atoms with van der Waals surface area (Å²) in [5.74, 6) is 7.45. The van der Waals surface area contributed by atoms with Gasteiger partial charge in [-0.25, -0.2) is 0 Å². The molecule has 3 rings (SSSR count). The van der Waals surface area contributed by atoms with Gasteiger partial charge in [-0.2, -0.15) is 0 Å². The summed E-state index contributed by atoms with van der Waals surface area (Å²) in [4.78, 5) is 11.7. The standard InChI is InChI=1S/C33H50O6/c1-7-19-38-29(35)16-20-39-31-28(34)21-25(23(3)30(31)36)13-12-24-11-9-18-33(6)26(14-15-27(24)33)22(2)10-8-17-32(4,5)37/h12-13,22,26-28,30-31,34,36-37H,3,7,9-11,14-16,18-21H2,1-2,4-6H3/b24-12+,25-13-/t22-,26-,27+,28-,30-,31+,33-/m1/s1. The van der Waals surface area contributed by atoms with Gasteiger partial charge < -0.3 is 24.8 Å². The Labute approximate surface area is 235 Å². The number of hydrogen-bond donors (Lipinski definition) is 3. The van der Waals surface area contributed by atoms with E-state index >= 15 is 0 Å². The molecule has 7 atom stereocenters. The van der Waals surface area contributed by atoms with Crippen LogP contribution < -0.4 is 0 Å². The summed E-state index contributed by atoms with van der Waals surface area (Å²) >= 11 is 0. The summed E-state index contributed by atoms with van der Waals surface area (Å²) < 4.78 is 10.7. The lowest BCUT2D eigenvalue weighted by Crippen LogP contribution is -2.45. The van der Waals surface area contributed by atoms with Crippen molar-refractivity contribution in [1.29, 1.82) is 0 Å². The third-order valence-electron chi connectivity index (χ3n) is 9.01. The number of fused-ring (bicyclic) bond motifs is 1. The molecular formula is C33H50O6. The quantitative estimate of drug-likeness (QED) is 0.272. The number of aliphatic hydroxyl groups is 3. The van der Waals surface area contributed by atoms with Crippen LogP contribution in [0.5, 0.6) is 0 Å². The van der Waals surface area contributed by atoms with E-state index in [9.17, 15) is 20.1 Å². The first-order valence-corrected chi connectivity index (χ1v) is 14.8. The fourth-order valence-electron chi connectivity index (χ4n) is 7.01. The van der Waals surface area contributed by atoms with Crippen molar-refractivity contribution in [2.75, 3.05) is 13.2 Å². The Morgan fingerprint density at radius 3 is 2.69 bits per heavy atom. The maximum absolute atomic E-state index is 11.7. The molecule has 0 heterocycles. The summed E-state index contributed by atoms with van der Waals surface area (Å²) in [6, 6.07) is 0. The minimum atomic E-state index is -1.02. The molecule has 0 spiro atoms. The highest BCUT2D eigenvalue weighted by Gasteiger charge is 2.50. The van der Waals surface area contributed by atoms with Crippen molar-refractivity contribution in [3.63, 3.8) is 0 Å². The predicted octanol–water partition coefficient (Wildman–Crippen LogP) is 5.27. The minimum Gasteiger partial charge on any atom is -0.466 e. The molecule has 3 fully saturated rings. The maximum atomic E-state index is 11.7. The smallest absolute Gasteiger partial charge is 0.308 e. The van der Waals surface area contributed by atoms with Crippen LogP contribution in [-0.2, 0) is 14.3 Å². The van der Waals surface area contributed by atoms with Gasteiger partial charge in [0.1, 0.15) is 17.8 Å². The third kappa shape index (κ3) is 8.07. The van der Waals surface area contributed by atoms with Gasteiger partial charge in [-0.05, 0) is 86.7 Å². The van der Waals surface area contributed by atoms with Crippen LogP contribution in [0.1, 0.15) is 92.4 Å². The van der Waals surface area contributed by atoms with Gasteiger partial charge in [-0.1, -0.05) is 51.0 Å². The van der Waals surface area contributed by atoms with Gasteiger partial charge in [0, 0.05) is 12.8 Å². The normalized spacial score (nSPS) is 33.9. The molecular weight excluding hydrogens is 492 g/mol. The molecule has 0 aromatic rings. The molecule has 218 valence electrons. The third-order valence-corrected chi connectivity index (χ3v) is 9.01. The highest BCUT2D eigenvalue weighted by Crippen LogP contribution is 2.59. The number of ether oxygens (including phenoxy) is 2. The SMILES string of the molecule is C=C1/C(=C\C=C2/CCC[C@]3(C)[C@@H]([C@H](C)CC#CC(C)(C)O)CC[C@@H]23)C[C@@H](O)[C@H](OCCC(=O)OCCC)[C@@H]1O. The molecule has 0 aromatic heterocycles. The monoisotopic (exact) mass is 542 g/mol. The molecule has 3 saturated carbocycles. The Bertz CT molecular complexity index is 992. The van der Waals surface area contributed by atoms with E-state index in [-0.39, 0.29) is 24.4 Å². The van der Waals surface area contributed by atoms with Crippen LogP contribution in [0, 0.1) is 35.0 Å². The van der Waals surface area contributed by atoms with Crippen molar-refractivity contribution in [3.8, 4) is 11.8 Å². The first-order valence-electron chi connectivity index (χ1n) is 14.8. The zero-order chi connectivity index (χ0) is 28.8. The van der Waals surface area contributed by atoms with Gasteiger partial charge in [-0.3, -0.25) is 4.79 Å². The lowest BCUT2D eigenvalue weighted by atomic mass is 9.61. The lowest BCUT2D eigenvalue weighted by Gasteiger charge is -2.44. The van der Waals surface area contributed by atoms with E-state index in [0.717, 1.165) is 31.3 Å². The first-order chi connectivity index (χ1) is 18.4. The molecule has 6 heteroatoms. The minimum absolute atomic E-state index is 0.0842. The molecule has 3 aliphatic carbocycles. The van der Waals surface area contributed by atoms with Crippen molar-refractivity contribution in [1.82, 2.24) is 0 Å². The highest BCUT2D eigenvalue weighted by molar-refractivity contribution is 5.69. The number of rotatable bonds is 9. The Hall–Kier alpha value is -1.91.